The van der Waals surface area contributed by atoms with Crippen LogP contribution in [0.2, 0.25) is 0 Å². The molecule has 35 heavy (non-hydrogen) atoms. The summed E-state index contributed by atoms with van der Waals surface area (Å²) in [5, 5.41) is 8.34. The number of nitrogens with one attached hydrogen (secondary N) is 1. The van der Waals surface area contributed by atoms with Crippen molar-refractivity contribution in [2.24, 2.45) is 5.73 Å². The Labute approximate surface area is 208 Å². The number of amides is 1. The van der Waals surface area contributed by atoms with E-state index in [2.05, 4.69) is 49.3 Å². The van der Waals surface area contributed by atoms with Crippen LogP contribution in [0.4, 0.5) is 11.6 Å². The molecule has 3 heterocycles. The number of hydrogen-bond donors (Lipinski definition) is 2. The maximum atomic E-state index is 13.7. The average Bonchev–Trinajstić information content (AvgIpc) is 3.24. The van der Waals surface area contributed by atoms with Crippen LogP contribution >= 0.6 is 0 Å². The second-order valence-electron chi connectivity index (χ2n) is 10.4. The first kappa shape index (κ1) is 25.0. The maximum Gasteiger partial charge on any atom is 0.254 e. The molecule has 2 aromatic heterocycles. The molecule has 1 aliphatic rings. The van der Waals surface area contributed by atoms with Gasteiger partial charge in [-0.2, -0.15) is 9.61 Å². The molecule has 1 aromatic carbocycles. The topological polar surface area (TPSA) is 91.8 Å². The highest BCUT2D eigenvalue weighted by Crippen LogP contribution is 2.29. The van der Waals surface area contributed by atoms with Gasteiger partial charge in [0.05, 0.1) is 11.7 Å². The number of carbonyl (C=O) groups excluding carboxylic acids is 1. The van der Waals surface area contributed by atoms with Crippen molar-refractivity contribution in [2.75, 3.05) is 37.4 Å². The summed E-state index contributed by atoms with van der Waals surface area (Å²) in [6.45, 7) is 9.62. The van der Waals surface area contributed by atoms with E-state index in [4.69, 9.17) is 15.8 Å². The fourth-order valence-electron chi connectivity index (χ4n) is 4.71. The third kappa shape index (κ3) is 5.27. The van der Waals surface area contributed by atoms with Crippen LogP contribution in [0.25, 0.3) is 5.65 Å². The Morgan fingerprint density at radius 3 is 2.63 bits per heavy atom. The summed E-state index contributed by atoms with van der Waals surface area (Å²) < 4.78 is 1.90. The molecule has 3 aromatic rings. The summed E-state index contributed by atoms with van der Waals surface area (Å²) in [5.74, 6) is 1.78. The Bertz CT molecular complexity index is 1210. The van der Waals surface area contributed by atoms with Crippen molar-refractivity contribution >= 4 is 23.2 Å². The molecule has 1 aliphatic heterocycles. The van der Waals surface area contributed by atoms with Crippen LogP contribution in [0.3, 0.4) is 0 Å². The largest absolute Gasteiger partial charge is 0.368 e. The summed E-state index contributed by atoms with van der Waals surface area (Å²) in [6, 6.07) is 10.2. The Morgan fingerprint density at radius 2 is 1.94 bits per heavy atom. The number of aromatic nitrogens is 3. The number of benzene rings is 1. The van der Waals surface area contributed by atoms with E-state index in [1.807, 2.05) is 42.4 Å². The fraction of sp³-hybridized carbons (Fsp3) is 0.519. The van der Waals surface area contributed by atoms with Crippen molar-refractivity contribution in [1.82, 2.24) is 19.5 Å². The molecule has 8 heteroatoms. The predicted molar refractivity (Wildman–Crippen MR) is 142 cm³/mol. The van der Waals surface area contributed by atoms with Crippen molar-refractivity contribution in [3.05, 3.63) is 52.7 Å². The summed E-state index contributed by atoms with van der Waals surface area (Å²) >= 11 is 0. The number of hydrogen-bond acceptors (Lipinski definition) is 6. The van der Waals surface area contributed by atoms with Crippen LogP contribution in [0, 0.1) is 0 Å². The molecule has 2 bridgehead atoms. The number of nitrogens with two attached hydrogens (primary N) is 1. The zero-order valence-corrected chi connectivity index (χ0v) is 21.9. The quantitative estimate of drug-likeness (QED) is 0.576. The van der Waals surface area contributed by atoms with E-state index in [1.165, 1.54) is 5.56 Å². The van der Waals surface area contributed by atoms with Gasteiger partial charge in [0.25, 0.3) is 5.91 Å². The molecule has 1 amide bonds. The van der Waals surface area contributed by atoms with Gasteiger partial charge in [0.15, 0.2) is 5.65 Å². The van der Waals surface area contributed by atoms with Gasteiger partial charge >= 0.3 is 0 Å². The first-order chi connectivity index (χ1) is 16.6. The van der Waals surface area contributed by atoms with Crippen molar-refractivity contribution in [3.8, 4) is 0 Å². The van der Waals surface area contributed by atoms with E-state index >= 15 is 0 Å². The van der Waals surface area contributed by atoms with Crippen LogP contribution in [-0.4, -0.2) is 58.1 Å². The fourth-order valence-corrected chi connectivity index (χ4v) is 4.71. The third-order valence-electron chi connectivity index (χ3n) is 6.81. The van der Waals surface area contributed by atoms with Gasteiger partial charge in [-0.3, -0.25) is 4.79 Å². The van der Waals surface area contributed by atoms with E-state index in [9.17, 15) is 4.79 Å². The minimum Gasteiger partial charge on any atom is -0.368 e. The monoisotopic (exact) mass is 477 g/mol. The molecule has 0 aliphatic carbocycles. The molecule has 4 rings (SSSR count). The number of fused-ring (bicyclic) bond motifs is 2. The lowest BCUT2D eigenvalue weighted by molar-refractivity contribution is 0.0721. The summed E-state index contributed by atoms with van der Waals surface area (Å²) in [5.41, 5.74) is 10.5. The number of nitrogens with zero attached hydrogens (tertiary/aromatic N) is 5. The van der Waals surface area contributed by atoms with Gasteiger partial charge in [0.2, 0.25) is 0 Å². The lowest BCUT2D eigenvalue weighted by Crippen LogP contribution is -2.39. The van der Waals surface area contributed by atoms with E-state index in [1.54, 1.807) is 0 Å². The number of anilines is 2. The van der Waals surface area contributed by atoms with E-state index in [-0.39, 0.29) is 17.5 Å². The van der Waals surface area contributed by atoms with Crippen molar-refractivity contribution in [2.45, 2.75) is 65.0 Å². The van der Waals surface area contributed by atoms with Gasteiger partial charge in [0.1, 0.15) is 11.6 Å². The van der Waals surface area contributed by atoms with Gasteiger partial charge in [-0.25, -0.2) is 4.98 Å². The SMILES string of the molecule is CCc1ccc2c(c1)C(=O)N(C)C(CC)c1cc3nc(NCC(C)(C)N)cc(n3n1)N(C)CCC2. The third-order valence-corrected chi connectivity index (χ3v) is 6.81. The molecule has 1 unspecified atom stereocenters. The highest BCUT2D eigenvalue weighted by atomic mass is 16.2. The van der Waals surface area contributed by atoms with E-state index in [0.717, 1.165) is 66.3 Å². The zero-order chi connectivity index (χ0) is 25.3. The molecule has 0 radical (unpaired) electrons. The summed E-state index contributed by atoms with van der Waals surface area (Å²) in [6.07, 6.45) is 3.42. The van der Waals surface area contributed by atoms with Gasteiger partial charge in [-0.05, 0) is 56.7 Å². The highest BCUT2D eigenvalue weighted by Gasteiger charge is 2.27. The molecule has 0 fully saturated rings. The van der Waals surface area contributed by atoms with Crippen molar-refractivity contribution in [1.29, 1.82) is 0 Å². The summed E-state index contributed by atoms with van der Waals surface area (Å²) in [7, 11) is 3.97. The lowest BCUT2D eigenvalue weighted by atomic mass is 9.97. The minimum absolute atomic E-state index is 0.0486. The first-order valence-electron chi connectivity index (χ1n) is 12.6. The van der Waals surface area contributed by atoms with Crippen LogP contribution < -0.4 is 16.0 Å². The summed E-state index contributed by atoms with van der Waals surface area (Å²) in [4.78, 5) is 22.6. The average molecular weight is 478 g/mol. The van der Waals surface area contributed by atoms with Crippen LogP contribution in [-0.2, 0) is 12.8 Å². The smallest absolute Gasteiger partial charge is 0.254 e. The first-order valence-corrected chi connectivity index (χ1v) is 12.6. The minimum atomic E-state index is -0.357. The van der Waals surface area contributed by atoms with Crippen LogP contribution in [0.5, 0.6) is 0 Å². The molecule has 0 saturated carbocycles. The maximum absolute atomic E-state index is 13.7. The number of aryl methyl sites for hydroxylation is 2. The van der Waals surface area contributed by atoms with Crippen LogP contribution in [0.15, 0.2) is 30.3 Å². The standard InChI is InChI=1S/C27H39N7O/c1-7-18-11-12-19-10-9-13-32(5)25-16-23(29-17-27(3,4)28)30-24-15-21(31-34(24)25)22(8-2)33(6)26(35)20(19)14-18/h11-12,14-16,22H,7-10,13,17,28H2,1-6H3,(H,29,30). The van der Waals surface area contributed by atoms with Gasteiger partial charge in [0, 0.05) is 50.4 Å². The van der Waals surface area contributed by atoms with E-state index in [0.29, 0.717) is 6.54 Å². The number of carbonyl (C=O) groups is 1. The molecular formula is C27H39N7O. The lowest BCUT2D eigenvalue weighted by Gasteiger charge is -2.27. The second-order valence-corrected chi connectivity index (χ2v) is 10.4. The second kappa shape index (κ2) is 9.85. The molecule has 0 spiro atoms. The Kier molecular flexibility index (Phi) is 7.03. The van der Waals surface area contributed by atoms with Crippen molar-refractivity contribution < 1.29 is 4.79 Å². The Morgan fingerprint density at radius 1 is 1.17 bits per heavy atom. The van der Waals surface area contributed by atoms with Gasteiger partial charge < -0.3 is 20.9 Å². The molecule has 188 valence electrons. The molecule has 3 N–H and O–H groups in total. The Hall–Kier alpha value is -3.13. The van der Waals surface area contributed by atoms with Crippen LogP contribution in [0.1, 0.15) is 73.8 Å². The zero-order valence-electron chi connectivity index (χ0n) is 21.9. The molecule has 0 saturated heterocycles. The Balaban J connectivity index is 1.81. The molecule has 1 atom stereocenters. The predicted octanol–water partition coefficient (Wildman–Crippen LogP) is 4.05. The van der Waals surface area contributed by atoms with Gasteiger partial charge in [-0.15, -0.1) is 0 Å². The highest BCUT2D eigenvalue weighted by molar-refractivity contribution is 5.96. The number of rotatable bonds is 5. The van der Waals surface area contributed by atoms with Crippen molar-refractivity contribution in [3.63, 3.8) is 0 Å². The van der Waals surface area contributed by atoms with Gasteiger partial charge in [-0.1, -0.05) is 26.0 Å². The van der Waals surface area contributed by atoms with E-state index < -0.39 is 0 Å². The molecule has 8 nitrogen and oxygen atoms in total. The normalized spacial score (nSPS) is 17.2. The molecular weight excluding hydrogens is 438 g/mol.